The molecule has 0 spiro atoms. The minimum Gasteiger partial charge on any atom is -0.508 e. The average molecular weight is 449 g/mol. The number of amides is 4. The largest absolute Gasteiger partial charge is 0.508 e. The third-order valence-corrected chi connectivity index (χ3v) is 5.10. The van der Waals surface area contributed by atoms with E-state index in [2.05, 4.69) is 5.32 Å². The zero-order valence-corrected chi connectivity index (χ0v) is 17.4. The summed E-state index contributed by atoms with van der Waals surface area (Å²) in [5, 5.41) is 12.2. The maximum Gasteiger partial charge on any atom is 0.335 e. The lowest BCUT2D eigenvalue weighted by Crippen LogP contribution is -2.54. The highest BCUT2D eigenvalue weighted by molar-refractivity contribution is 6.39. The Labute approximate surface area is 188 Å². The number of anilines is 1. The molecule has 1 saturated heterocycles. The molecule has 8 heteroatoms. The summed E-state index contributed by atoms with van der Waals surface area (Å²) in [7, 11) is 0. The number of imide groups is 2. The Bertz CT molecular complexity index is 1240. The molecule has 1 aliphatic rings. The van der Waals surface area contributed by atoms with Gasteiger partial charge in [0.25, 0.3) is 11.8 Å². The van der Waals surface area contributed by atoms with Gasteiger partial charge in [0.1, 0.15) is 23.7 Å². The number of hydrogen-bond acceptors (Lipinski definition) is 5. The first-order valence-electron chi connectivity index (χ1n) is 9.59. The number of urea groups is 1. The highest BCUT2D eigenvalue weighted by Gasteiger charge is 2.36. The molecule has 1 heterocycles. The summed E-state index contributed by atoms with van der Waals surface area (Å²) in [5.74, 6) is -1.06. The normalized spacial score (nSPS) is 15.1. The molecule has 7 nitrogen and oxygen atoms in total. The molecule has 0 aromatic heterocycles. The second-order valence-electron chi connectivity index (χ2n) is 6.93. The van der Waals surface area contributed by atoms with E-state index in [1.165, 1.54) is 30.3 Å². The van der Waals surface area contributed by atoms with E-state index >= 15 is 0 Å². The molecule has 0 atom stereocenters. The number of aromatic hydroxyl groups is 1. The highest BCUT2D eigenvalue weighted by Crippen LogP contribution is 2.25. The molecule has 0 aliphatic carbocycles. The van der Waals surface area contributed by atoms with Gasteiger partial charge in [0.15, 0.2) is 0 Å². The quantitative estimate of drug-likeness (QED) is 0.448. The van der Waals surface area contributed by atoms with Crippen LogP contribution in [0.4, 0.5) is 10.5 Å². The number of benzene rings is 3. The van der Waals surface area contributed by atoms with Gasteiger partial charge in [0.2, 0.25) is 0 Å². The second kappa shape index (κ2) is 8.95. The molecule has 0 saturated carbocycles. The number of phenols is 1. The molecule has 3 aromatic rings. The van der Waals surface area contributed by atoms with Crippen LogP contribution >= 0.6 is 11.6 Å². The fourth-order valence-electron chi connectivity index (χ4n) is 3.13. The number of hydrogen-bond donors (Lipinski definition) is 2. The zero-order valence-electron chi connectivity index (χ0n) is 16.6. The lowest BCUT2D eigenvalue weighted by atomic mass is 10.1. The second-order valence-corrected chi connectivity index (χ2v) is 7.33. The van der Waals surface area contributed by atoms with Gasteiger partial charge in [0.05, 0.1) is 5.69 Å². The number of halogens is 1. The Balaban J connectivity index is 1.58. The van der Waals surface area contributed by atoms with Gasteiger partial charge in [-0.25, -0.2) is 9.69 Å². The molecule has 160 valence electrons. The van der Waals surface area contributed by atoms with E-state index in [-0.39, 0.29) is 23.6 Å². The predicted octanol–water partition coefficient (Wildman–Crippen LogP) is 4.29. The van der Waals surface area contributed by atoms with E-state index < -0.39 is 17.8 Å². The van der Waals surface area contributed by atoms with Crippen molar-refractivity contribution in [2.75, 3.05) is 4.90 Å². The van der Waals surface area contributed by atoms with Crippen molar-refractivity contribution in [1.82, 2.24) is 5.32 Å². The first-order chi connectivity index (χ1) is 15.4. The summed E-state index contributed by atoms with van der Waals surface area (Å²) in [6.45, 7) is 0.252. The number of nitrogens with zero attached hydrogens (tertiary/aromatic N) is 1. The van der Waals surface area contributed by atoms with Crippen molar-refractivity contribution in [3.05, 3.63) is 94.5 Å². The van der Waals surface area contributed by atoms with Crippen LogP contribution in [0.1, 0.15) is 11.1 Å². The van der Waals surface area contributed by atoms with E-state index in [9.17, 15) is 19.5 Å². The summed E-state index contributed by atoms with van der Waals surface area (Å²) in [4.78, 5) is 38.4. The molecular formula is C24H17ClN2O5. The SMILES string of the molecule is O=C1NC(=O)N(c2ccc(O)cc2)C(=O)/C1=C\c1cccc(OCc2ccccc2Cl)c1. The number of barbiturate groups is 1. The lowest BCUT2D eigenvalue weighted by molar-refractivity contribution is -0.122. The first kappa shape index (κ1) is 21.1. The predicted molar refractivity (Wildman–Crippen MR) is 119 cm³/mol. The average Bonchev–Trinajstić information content (AvgIpc) is 2.77. The Morgan fingerprint density at radius 3 is 2.47 bits per heavy atom. The van der Waals surface area contributed by atoms with E-state index in [0.29, 0.717) is 16.3 Å². The minimum absolute atomic E-state index is 0.0148. The molecule has 4 rings (SSSR count). The highest BCUT2D eigenvalue weighted by atomic mass is 35.5. The summed E-state index contributed by atoms with van der Waals surface area (Å²) in [5.41, 5.74) is 1.38. The van der Waals surface area contributed by atoms with Crippen LogP contribution in [0.15, 0.2) is 78.4 Å². The van der Waals surface area contributed by atoms with Crippen molar-refractivity contribution in [3.8, 4) is 11.5 Å². The maximum atomic E-state index is 12.9. The van der Waals surface area contributed by atoms with Crippen LogP contribution in [0, 0.1) is 0 Å². The standard InChI is InChI=1S/C24H17ClN2O5/c25-21-7-2-1-5-16(21)14-32-19-6-3-4-15(12-19)13-20-22(29)26-24(31)27(23(20)30)17-8-10-18(28)11-9-17/h1-13,28H,14H2,(H,26,29,31)/b20-13-. The third-order valence-electron chi connectivity index (χ3n) is 4.73. The number of carbonyl (C=O) groups is 3. The summed E-state index contributed by atoms with van der Waals surface area (Å²) in [6.07, 6.45) is 1.39. The fourth-order valence-corrected chi connectivity index (χ4v) is 3.32. The van der Waals surface area contributed by atoms with Crippen LogP contribution in [0.25, 0.3) is 6.08 Å². The van der Waals surface area contributed by atoms with Crippen LogP contribution in [0.5, 0.6) is 11.5 Å². The number of nitrogens with one attached hydrogen (secondary N) is 1. The zero-order chi connectivity index (χ0) is 22.7. The van der Waals surface area contributed by atoms with Gasteiger partial charge in [-0.15, -0.1) is 0 Å². The van der Waals surface area contributed by atoms with Crippen LogP contribution in [-0.2, 0) is 16.2 Å². The molecule has 2 N–H and O–H groups in total. The fraction of sp³-hybridized carbons (Fsp3) is 0.0417. The van der Waals surface area contributed by atoms with E-state index in [4.69, 9.17) is 16.3 Å². The molecule has 0 bridgehead atoms. The summed E-state index contributed by atoms with van der Waals surface area (Å²) >= 11 is 6.15. The summed E-state index contributed by atoms with van der Waals surface area (Å²) < 4.78 is 5.79. The van der Waals surface area contributed by atoms with Crippen molar-refractivity contribution < 1.29 is 24.2 Å². The van der Waals surface area contributed by atoms with E-state index in [1.807, 2.05) is 18.2 Å². The third kappa shape index (κ3) is 4.48. The lowest BCUT2D eigenvalue weighted by Gasteiger charge is -2.26. The number of rotatable bonds is 5. The minimum atomic E-state index is -0.861. The van der Waals surface area contributed by atoms with Gasteiger partial charge in [0, 0.05) is 10.6 Å². The van der Waals surface area contributed by atoms with Gasteiger partial charge in [-0.2, -0.15) is 0 Å². The molecule has 32 heavy (non-hydrogen) atoms. The molecule has 1 aliphatic heterocycles. The molecule has 1 fully saturated rings. The van der Waals surface area contributed by atoms with Crippen molar-refractivity contribution in [2.45, 2.75) is 6.61 Å². The first-order valence-corrected chi connectivity index (χ1v) is 9.97. The molecule has 0 radical (unpaired) electrons. The van der Waals surface area contributed by atoms with E-state index in [0.717, 1.165) is 10.5 Å². The Morgan fingerprint density at radius 1 is 0.969 bits per heavy atom. The number of phenolic OH excluding ortho intramolecular Hbond substituents is 1. The van der Waals surface area contributed by atoms with Crippen molar-refractivity contribution in [1.29, 1.82) is 0 Å². The Hall–Kier alpha value is -4.10. The van der Waals surface area contributed by atoms with Gasteiger partial charge >= 0.3 is 6.03 Å². The van der Waals surface area contributed by atoms with Crippen LogP contribution < -0.4 is 15.0 Å². The smallest absolute Gasteiger partial charge is 0.335 e. The Morgan fingerprint density at radius 2 is 1.72 bits per heavy atom. The van der Waals surface area contributed by atoms with Gasteiger partial charge in [-0.05, 0) is 54.1 Å². The van der Waals surface area contributed by atoms with Crippen molar-refractivity contribution in [2.24, 2.45) is 0 Å². The van der Waals surface area contributed by atoms with Gasteiger partial charge < -0.3 is 9.84 Å². The molecule has 3 aromatic carbocycles. The van der Waals surface area contributed by atoms with Crippen molar-refractivity contribution >= 4 is 41.2 Å². The van der Waals surface area contributed by atoms with Gasteiger partial charge in [-0.1, -0.05) is 41.9 Å². The van der Waals surface area contributed by atoms with Gasteiger partial charge in [-0.3, -0.25) is 14.9 Å². The summed E-state index contributed by atoms with van der Waals surface area (Å²) in [6, 6.07) is 18.8. The topological polar surface area (TPSA) is 95.9 Å². The van der Waals surface area contributed by atoms with Crippen LogP contribution in [0.2, 0.25) is 5.02 Å². The Kier molecular flexibility index (Phi) is 5.91. The molecular weight excluding hydrogens is 432 g/mol. The van der Waals surface area contributed by atoms with Crippen LogP contribution in [-0.4, -0.2) is 23.0 Å². The molecule has 4 amide bonds. The van der Waals surface area contributed by atoms with Crippen molar-refractivity contribution in [3.63, 3.8) is 0 Å². The molecule has 0 unspecified atom stereocenters. The number of ether oxygens (including phenoxy) is 1. The monoisotopic (exact) mass is 448 g/mol. The van der Waals surface area contributed by atoms with E-state index in [1.54, 1.807) is 30.3 Å². The number of carbonyl (C=O) groups excluding carboxylic acids is 3. The maximum absolute atomic E-state index is 12.9. The van der Waals surface area contributed by atoms with Crippen LogP contribution in [0.3, 0.4) is 0 Å².